The van der Waals surface area contributed by atoms with Gasteiger partial charge in [0.2, 0.25) is 0 Å². The molecule has 1 amide bonds. The van der Waals surface area contributed by atoms with Crippen molar-refractivity contribution in [2.24, 2.45) is 0 Å². The minimum Gasteiger partial charge on any atom is -0.465 e. The van der Waals surface area contributed by atoms with E-state index in [9.17, 15) is 14.7 Å². The van der Waals surface area contributed by atoms with Gasteiger partial charge in [-0.1, -0.05) is 19.3 Å². The zero-order valence-corrected chi connectivity index (χ0v) is 11.8. The Hall–Kier alpha value is -0.810. The smallest absolute Gasteiger partial charge is 0.409 e. The lowest BCUT2D eigenvalue weighted by atomic mass is 10.2. The molecule has 17 heavy (non-hydrogen) atoms. The largest absolute Gasteiger partial charge is 0.465 e. The molecule has 0 aromatic heterocycles. The Morgan fingerprint density at radius 2 is 2.12 bits per heavy atom. The first-order valence-electron chi connectivity index (χ1n) is 5.30. The zero-order valence-electron chi connectivity index (χ0n) is 9.65. The van der Waals surface area contributed by atoms with E-state index in [0.29, 0.717) is 6.42 Å². The number of carboxylic acid groups (broad SMARTS) is 1. The zero-order chi connectivity index (χ0) is 13.3. The van der Waals surface area contributed by atoms with E-state index in [1.54, 1.807) is 0 Å². The minimum atomic E-state index is -1.28. The molecule has 0 rings (SSSR count). The van der Waals surface area contributed by atoms with E-state index in [-0.39, 0.29) is 25.2 Å². The topological polar surface area (TPSA) is 77.8 Å². The first-order chi connectivity index (χ1) is 8.02. The Bertz CT molecular complexity index is 321. The summed E-state index contributed by atoms with van der Waals surface area (Å²) in [5.74, 6) is 2.31. The third kappa shape index (κ3) is 7.18. The van der Waals surface area contributed by atoms with Gasteiger partial charge in [0.05, 0.1) is 12.8 Å². The number of halogens is 1. The van der Waals surface area contributed by atoms with Crippen LogP contribution in [0.25, 0.3) is 0 Å². The monoisotopic (exact) mass is 353 g/mol. The minimum absolute atomic E-state index is 0.0429. The van der Waals surface area contributed by atoms with Gasteiger partial charge in [0.15, 0.2) is 0 Å². The van der Waals surface area contributed by atoms with Crippen LogP contribution in [0.3, 0.4) is 0 Å². The van der Waals surface area contributed by atoms with Crippen LogP contribution in [0.1, 0.15) is 32.6 Å². The number of rotatable bonds is 7. The van der Waals surface area contributed by atoms with E-state index in [2.05, 4.69) is 9.85 Å². The molecule has 5 nitrogen and oxygen atoms in total. The highest BCUT2D eigenvalue weighted by Crippen LogP contribution is 2.06. The van der Waals surface area contributed by atoms with Gasteiger partial charge in [-0.25, -0.2) is 4.79 Å². The number of aliphatic hydroxyl groups is 1. The van der Waals surface area contributed by atoms with Crippen LogP contribution in [-0.4, -0.2) is 39.8 Å². The van der Waals surface area contributed by atoms with Gasteiger partial charge in [-0.2, -0.15) is 0 Å². The summed E-state index contributed by atoms with van der Waals surface area (Å²) >= 11 is 1.82. The van der Waals surface area contributed by atoms with Crippen molar-refractivity contribution in [2.75, 3.05) is 6.54 Å². The van der Waals surface area contributed by atoms with Gasteiger partial charge >= 0.3 is 6.09 Å². The number of hydrogen-bond donors (Lipinski definition) is 2. The van der Waals surface area contributed by atoms with Gasteiger partial charge in [-0.05, 0) is 10.3 Å². The fourth-order valence-electron chi connectivity index (χ4n) is 1.22. The molecule has 1 atom stereocenters. The summed E-state index contributed by atoms with van der Waals surface area (Å²) in [7, 11) is 0. The summed E-state index contributed by atoms with van der Waals surface area (Å²) in [6.07, 6.45) is -1.17. The molecule has 0 saturated heterocycles. The fraction of sp³-hybridized carbons (Fsp3) is 0.636. The van der Waals surface area contributed by atoms with Crippen LogP contribution in [0.15, 0.2) is 0 Å². The molecule has 0 aliphatic rings. The highest BCUT2D eigenvalue weighted by Gasteiger charge is 2.22. The third-order valence-corrected chi connectivity index (χ3v) is 2.50. The van der Waals surface area contributed by atoms with Crippen LogP contribution in [0.5, 0.6) is 0 Å². The van der Waals surface area contributed by atoms with Crippen LogP contribution in [0, 0.1) is 9.85 Å². The molecule has 6 heteroatoms. The summed E-state index contributed by atoms with van der Waals surface area (Å²) in [6, 6.07) is 0. The van der Waals surface area contributed by atoms with E-state index in [4.69, 9.17) is 5.11 Å². The van der Waals surface area contributed by atoms with Crippen LogP contribution in [-0.2, 0) is 4.79 Å². The van der Waals surface area contributed by atoms with Crippen molar-refractivity contribution < 1.29 is 19.8 Å². The van der Waals surface area contributed by atoms with Crippen LogP contribution < -0.4 is 0 Å². The molecule has 0 aromatic carbocycles. The van der Waals surface area contributed by atoms with Gasteiger partial charge in [0.25, 0.3) is 0 Å². The van der Waals surface area contributed by atoms with Gasteiger partial charge < -0.3 is 10.2 Å². The normalized spacial score (nSPS) is 11.2. The number of hydrogen-bond acceptors (Lipinski definition) is 3. The fourth-order valence-corrected chi connectivity index (χ4v) is 1.41. The summed E-state index contributed by atoms with van der Waals surface area (Å²) in [5.41, 5.74) is 0. The average molecular weight is 353 g/mol. The lowest BCUT2D eigenvalue weighted by molar-refractivity contribution is -0.122. The lowest BCUT2D eigenvalue weighted by Crippen LogP contribution is -2.41. The van der Waals surface area contributed by atoms with E-state index in [1.165, 1.54) is 0 Å². The lowest BCUT2D eigenvalue weighted by Gasteiger charge is -2.24. The standard InChI is InChI=1S/C11H16INO4/c1-2-3-7-13(11(16)17)10(15)8-9(14)5-4-6-12/h10,15H,2-3,5,7-8H2,1H3,(H,16,17). The van der Waals surface area contributed by atoms with E-state index >= 15 is 0 Å². The van der Waals surface area contributed by atoms with Gasteiger partial charge in [0.1, 0.15) is 12.0 Å². The highest BCUT2D eigenvalue weighted by atomic mass is 127. The molecule has 0 aliphatic carbocycles. The summed E-state index contributed by atoms with van der Waals surface area (Å²) < 4.78 is 2.55. The van der Waals surface area contributed by atoms with Crippen molar-refractivity contribution in [1.29, 1.82) is 0 Å². The Morgan fingerprint density at radius 3 is 2.59 bits per heavy atom. The number of nitrogens with zero attached hydrogens (tertiary/aromatic N) is 1. The number of carbonyl (C=O) groups excluding carboxylic acids is 1. The first kappa shape index (κ1) is 16.2. The molecule has 96 valence electrons. The molecular formula is C11H16INO4. The Morgan fingerprint density at radius 1 is 1.47 bits per heavy atom. The number of aliphatic hydroxyl groups excluding tert-OH is 1. The molecule has 0 aliphatic heterocycles. The Balaban J connectivity index is 4.29. The van der Waals surface area contributed by atoms with E-state index in [0.717, 1.165) is 11.3 Å². The first-order valence-corrected chi connectivity index (χ1v) is 6.38. The van der Waals surface area contributed by atoms with Crippen LogP contribution in [0.4, 0.5) is 4.79 Å². The van der Waals surface area contributed by atoms with Gasteiger partial charge in [-0.3, -0.25) is 9.69 Å². The predicted molar refractivity (Wildman–Crippen MR) is 71.7 cm³/mol. The molecule has 0 spiro atoms. The predicted octanol–water partition coefficient (Wildman–Crippen LogP) is 1.83. The highest BCUT2D eigenvalue weighted by molar-refractivity contribution is 14.1. The Labute approximate surface area is 114 Å². The van der Waals surface area contributed by atoms with Crippen molar-refractivity contribution in [2.45, 2.75) is 38.8 Å². The molecule has 2 N–H and O–H groups in total. The molecule has 1 unspecified atom stereocenters. The second-order valence-corrected chi connectivity index (χ2v) is 4.04. The molecule has 0 saturated carbocycles. The average Bonchev–Trinajstić information content (AvgIpc) is 2.26. The van der Waals surface area contributed by atoms with E-state index in [1.807, 2.05) is 29.5 Å². The maximum absolute atomic E-state index is 11.3. The second-order valence-electron chi connectivity index (χ2n) is 3.50. The number of amides is 1. The van der Waals surface area contributed by atoms with Crippen LogP contribution in [0.2, 0.25) is 0 Å². The maximum atomic E-state index is 11.3. The molecule has 0 heterocycles. The van der Waals surface area contributed by atoms with Crippen molar-refractivity contribution in [3.05, 3.63) is 0 Å². The van der Waals surface area contributed by atoms with Crippen molar-refractivity contribution >= 4 is 34.5 Å². The summed E-state index contributed by atoms with van der Waals surface area (Å²) in [6.45, 7) is 2.16. The SMILES string of the molecule is CCCCN(C(=O)O)C(O)CC(=O)CC#CI. The number of Topliss-reactive ketones (excluding diaryl/α,β-unsaturated/α-hetero) is 1. The molecular weight excluding hydrogens is 337 g/mol. The van der Waals surface area contributed by atoms with Gasteiger partial charge in [0, 0.05) is 29.1 Å². The maximum Gasteiger partial charge on any atom is 0.409 e. The Kier molecular flexibility index (Phi) is 8.80. The molecule has 0 radical (unpaired) electrons. The molecule has 0 fully saturated rings. The molecule has 0 aromatic rings. The van der Waals surface area contributed by atoms with E-state index < -0.39 is 12.3 Å². The summed E-state index contributed by atoms with van der Waals surface area (Å²) in [4.78, 5) is 23.1. The summed E-state index contributed by atoms with van der Waals surface area (Å²) in [5, 5.41) is 18.5. The third-order valence-electron chi connectivity index (χ3n) is 2.12. The van der Waals surface area contributed by atoms with Crippen molar-refractivity contribution in [3.8, 4) is 9.85 Å². The van der Waals surface area contributed by atoms with Crippen molar-refractivity contribution in [3.63, 3.8) is 0 Å². The second kappa shape index (κ2) is 9.24. The number of unbranched alkanes of at least 4 members (excludes halogenated alkanes) is 1. The number of carbonyl (C=O) groups is 2. The molecule has 0 bridgehead atoms. The van der Waals surface area contributed by atoms with Crippen LogP contribution >= 0.6 is 22.6 Å². The number of ketones is 1. The van der Waals surface area contributed by atoms with Crippen molar-refractivity contribution in [1.82, 2.24) is 4.90 Å². The van der Waals surface area contributed by atoms with Gasteiger partial charge in [-0.15, -0.1) is 0 Å². The quantitative estimate of drug-likeness (QED) is 0.416.